The minimum Gasteiger partial charge on any atom is -0.456 e. The molecule has 64 heavy (non-hydrogen) atoms. The van der Waals surface area contributed by atoms with Gasteiger partial charge in [0.2, 0.25) is 0 Å². The standard InChI is InChI=1S/C59H38N2O3/c1-3-53-48(45-15-7-10-18-54(45)62-53)29-36(2)42-30-43(41-26-28-58-50(34-41)47-17-9-12-20-56(47)64-58)32-44(31-42)59-60-51(38-13-5-4-6-14-38)35-52(61-59)39-23-21-37(22-24-39)40-25-27-57-49(33-40)46-16-8-11-19-55(46)63-57/h3-35H,1H2,2H3/b36-29+. The Labute approximate surface area is 368 Å². The smallest absolute Gasteiger partial charge is 0.160 e. The van der Waals surface area contributed by atoms with Gasteiger partial charge in [-0.05, 0) is 119 Å². The van der Waals surface area contributed by atoms with E-state index in [0.29, 0.717) is 5.82 Å². The van der Waals surface area contributed by atoms with E-state index in [4.69, 9.17) is 23.2 Å². The molecule has 4 aromatic heterocycles. The Balaban J connectivity index is 1.01. The summed E-state index contributed by atoms with van der Waals surface area (Å²) >= 11 is 0. The van der Waals surface area contributed by atoms with Crippen LogP contribution in [0.25, 0.3) is 129 Å². The first-order chi connectivity index (χ1) is 31.5. The Kier molecular flexibility index (Phi) is 8.80. The number of hydrogen-bond acceptors (Lipinski definition) is 5. The van der Waals surface area contributed by atoms with Crippen molar-refractivity contribution in [2.75, 3.05) is 0 Å². The summed E-state index contributed by atoms with van der Waals surface area (Å²) in [7, 11) is 0. The fraction of sp³-hybridized carbons (Fsp3) is 0.0169. The van der Waals surface area contributed by atoms with E-state index in [1.807, 2.05) is 60.7 Å². The highest BCUT2D eigenvalue weighted by Gasteiger charge is 2.17. The maximum atomic E-state index is 6.24. The number of rotatable bonds is 8. The first-order valence-corrected chi connectivity index (χ1v) is 21.4. The van der Waals surface area contributed by atoms with Crippen molar-refractivity contribution in [1.29, 1.82) is 0 Å². The molecule has 0 atom stereocenters. The number of furan rings is 3. The summed E-state index contributed by atoms with van der Waals surface area (Å²) in [5, 5.41) is 5.41. The van der Waals surface area contributed by atoms with Crippen LogP contribution in [-0.2, 0) is 0 Å². The molecule has 0 unspecified atom stereocenters. The van der Waals surface area contributed by atoms with E-state index >= 15 is 0 Å². The van der Waals surface area contributed by atoms with Gasteiger partial charge in [-0.25, -0.2) is 9.97 Å². The third kappa shape index (κ3) is 6.50. The van der Waals surface area contributed by atoms with Gasteiger partial charge in [0.15, 0.2) is 5.82 Å². The van der Waals surface area contributed by atoms with Crippen molar-refractivity contribution in [2.24, 2.45) is 0 Å². The summed E-state index contributed by atoms with van der Waals surface area (Å²) in [5.74, 6) is 1.36. The molecule has 0 radical (unpaired) electrons. The molecule has 0 fully saturated rings. The van der Waals surface area contributed by atoms with E-state index in [1.54, 1.807) is 6.08 Å². The van der Waals surface area contributed by atoms with E-state index in [-0.39, 0.29) is 0 Å². The van der Waals surface area contributed by atoms with Crippen molar-refractivity contribution in [3.8, 4) is 56.2 Å². The van der Waals surface area contributed by atoms with Gasteiger partial charge in [-0.15, -0.1) is 0 Å². The minimum atomic E-state index is 0.629. The van der Waals surface area contributed by atoms with Crippen molar-refractivity contribution in [3.05, 3.63) is 212 Å². The fourth-order valence-corrected chi connectivity index (χ4v) is 8.96. The quantitative estimate of drug-likeness (QED) is 0.153. The van der Waals surface area contributed by atoms with Gasteiger partial charge in [-0.3, -0.25) is 0 Å². The monoisotopic (exact) mass is 822 g/mol. The molecule has 0 N–H and O–H groups in total. The molecule has 4 heterocycles. The van der Waals surface area contributed by atoms with Crippen LogP contribution in [-0.4, -0.2) is 9.97 Å². The van der Waals surface area contributed by atoms with Crippen LogP contribution in [0, 0.1) is 0 Å². The van der Waals surface area contributed by atoms with Crippen LogP contribution in [0.15, 0.2) is 208 Å². The summed E-state index contributed by atoms with van der Waals surface area (Å²) < 4.78 is 18.6. The highest BCUT2D eigenvalue weighted by atomic mass is 16.3. The highest BCUT2D eigenvalue weighted by Crippen LogP contribution is 2.39. The van der Waals surface area contributed by atoms with Crippen LogP contribution >= 0.6 is 0 Å². The summed E-state index contributed by atoms with van der Waals surface area (Å²) in [6, 6.07) is 65.0. The molecule has 0 spiro atoms. The molecule has 0 bridgehead atoms. The van der Waals surface area contributed by atoms with E-state index in [1.165, 1.54) is 0 Å². The minimum absolute atomic E-state index is 0.629. The number of benzene rings is 8. The second kappa shape index (κ2) is 15.1. The Bertz CT molecular complexity index is 3810. The maximum Gasteiger partial charge on any atom is 0.160 e. The molecule has 12 aromatic rings. The normalized spacial score (nSPS) is 12.0. The molecule has 0 amide bonds. The zero-order valence-corrected chi connectivity index (χ0v) is 34.9. The number of aromatic nitrogens is 2. The fourth-order valence-electron chi connectivity index (χ4n) is 8.96. The number of fused-ring (bicyclic) bond motifs is 7. The second-order valence-corrected chi connectivity index (χ2v) is 16.2. The average Bonchev–Trinajstić information content (AvgIpc) is 4.04. The highest BCUT2D eigenvalue weighted by molar-refractivity contribution is 6.07. The molecule has 12 rings (SSSR count). The van der Waals surface area contributed by atoms with Gasteiger partial charge in [0.1, 0.15) is 33.7 Å². The van der Waals surface area contributed by atoms with Gasteiger partial charge < -0.3 is 13.3 Å². The lowest BCUT2D eigenvalue weighted by Gasteiger charge is -2.14. The van der Waals surface area contributed by atoms with Gasteiger partial charge in [0.05, 0.1) is 11.4 Å². The molecule has 0 aliphatic heterocycles. The van der Waals surface area contributed by atoms with Gasteiger partial charge in [-0.1, -0.05) is 128 Å². The summed E-state index contributed by atoms with van der Waals surface area (Å²) in [5.41, 5.74) is 16.3. The lowest BCUT2D eigenvalue weighted by Crippen LogP contribution is -1.97. The second-order valence-electron chi connectivity index (χ2n) is 16.2. The van der Waals surface area contributed by atoms with E-state index < -0.39 is 0 Å². The zero-order valence-electron chi connectivity index (χ0n) is 34.9. The Morgan fingerprint density at radius 3 is 1.52 bits per heavy atom. The van der Waals surface area contributed by atoms with Crippen molar-refractivity contribution in [2.45, 2.75) is 6.92 Å². The van der Waals surface area contributed by atoms with Crippen LogP contribution in [0.4, 0.5) is 0 Å². The third-order valence-electron chi connectivity index (χ3n) is 12.3. The summed E-state index contributed by atoms with van der Waals surface area (Å²) in [6.07, 6.45) is 3.97. The number of hydrogen-bond donors (Lipinski definition) is 0. The van der Waals surface area contributed by atoms with Gasteiger partial charge in [-0.2, -0.15) is 0 Å². The molecule has 5 nitrogen and oxygen atoms in total. The van der Waals surface area contributed by atoms with Crippen LogP contribution < -0.4 is 0 Å². The van der Waals surface area contributed by atoms with Gasteiger partial charge in [0, 0.05) is 49.2 Å². The van der Waals surface area contributed by atoms with Crippen molar-refractivity contribution in [3.63, 3.8) is 0 Å². The lowest BCUT2D eigenvalue weighted by molar-refractivity contribution is 0.603. The molecule has 0 saturated carbocycles. The van der Waals surface area contributed by atoms with E-state index in [9.17, 15) is 0 Å². The summed E-state index contributed by atoms with van der Waals surface area (Å²) in [6.45, 7) is 6.22. The van der Waals surface area contributed by atoms with Crippen molar-refractivity contribution >= 4 is 72.6 Å². The predicted octanol–water partition coefficient (Wildman–Crippen LogP) is 16.6. The van der Waals surface area contributed by atoms with Crippen molar-refractivity contribution < 1.29 is 13.3 Å². The zero-order chi connectivity index (χ0) is 42.7. The summed E-state index contributed by atoms with van der Waals surface area (Å²) in [4.78, 5) is 10.6. The largest absolute Gasteiger partial charge is 0.456 e. The van der Waals surface area contributed by atoms with Gasteiger partial charge >= 0.3 is 0 Å². The number of allylic oxidation sites excluding steroid dienone is 1. The molecule has 0 aliphatic carbocycles. The van der Waals surface area contributed by atoms with Crippen LogP contribution in [0.3, 0.4) is 0 Å². The Hall–Kier alpha value is -8.54. The van der Waals surface area contributed by atoms with Crippen molar-refractivity contribution in [1.82, 2.24) is 9.97 Å². The Morgan fingerprint density at radius 2 is 0.891 bits per heavy atom. The third-order valence-corrected chi connectivity index (χ3v) is 12.3. The number of para-hydroxylation sites is 3. The molecule has 8 aromatic carbocycles. The van der Waals surface area contributed by atoms with E-state index in [0.717, 1.165) is 128 Å². The first-order valence-electron chi connectivity index (χ1n) is 21.4. The van der Waals surface area contributed by atoms with Crippen LogP contribution in [0.1, 0.15) is 23.8 Å². The predicted molar refractivity (Wildman–Crippen MR) is 264 cm³/mol. The Morgan fingerprint density at radius 1 is 0.406 bits per heavy atom. The molecular weight excluding hydrogens is 785 g/mol. The van der Waals surface area contributed by atoms with E-state index in [2.05, 4.69) is 147 Å². The first kappa shape index (κ1) is 37.2. The molecular formula is C59H38N2O3. The molecule has 302 valence electrons. The molecule has 0 saturated heterocycles. The van der Waals surface area contributed by atoms with Gasteiger partial charge in [0.25, 0.3) is 0 Å². The number of nitrogens with zero attached hydrogens (tertiary/aromatic N) is 2. The molecule has 5 heteroatoms. The topological polar surface area (TPSA) is 65.2 Å². The SMILES string of the molecule is C=Cc1oc2ccccc2c1/C=C(\C)c1cc(-c2ccc3oc4ccccc4c3c2)cc(-c2nc(-c3ccccc3)cc(-c3ccc(-c4ccc5oc6ccccc6c5c4)cc3)n2)c1. The average molecular weight is 823 g/mol. The lowest BCUT2D eigenvalue weighted by atomic mass is 9.94. The maximum absolute atomic E-state index is 6.24. The van der Waals surface area contributed by atoms with Crippen LogP contribution in [0.5, 0.6) is 0 Å². The molecule has 0 aliphatic rings. The van der Waals surface area contributed by atoms with Crippen LogP contribution in [0.2, 0.25) is 0 Å².